The maximum Gasteiger partial charge on any atom is 0.419 e. The van der Waals surface area contributed by atoms with Gasteiger partial charge in [0.1, 0.15) is 12.4 Å². The summed E-state index contributed by atoms with van der Waals surface area (Å²) >= 11 is 0. The summed E-state index contributed by atoms with van der Waals surface area (Å²) in [4.78, 5) is 23.9. The molecule has 0 aliphatic heterocycles. The fourth-order valence-corrected chi connectivity index (χ4v) is 1.64. The minimum atomic E-state index is -4.92. The van der Waals surface area contributed by atoms with Crippen LogP contribution in [0.15, 0.2) is 30.9 Å². The number of ether oxygens (including phenoxy) is 1. The van der Waals surface area contributed by atoms with Crippen molar-refractivity contribution in [2.45, 2.75) is 13.1 Å². The first-order valence-electron chi connectivity index (χ1n) is 6.17. The Balaban J connectivity index is 3.23. The van der Waals surface area contributed by atoms with Crippen LogP contribution >= 0.6 is 0 Å². The number of hydrogen-bond acceptors (Lipinski definition) is 3. The molecular weight excluding hydrogens is 306 g/mol. The number of alkyl halides is 3. The molecule has 0 spiro atoms. The molecule has 0 aromatic heterocycles. The fraction of sp³-hybridized carbons (Fsp3) is 0.286. The average Bonchev–Trinajstić information content (AvgIpc) is 2.44. The van der Waals surface area contributed by atoms with Gasteiger partial charge in [-0.05, 0) is 31.2 Å². The largest absolute Gasteiger partial charge is 0.465 e. The van der Waals surface area contributed by atoms with Crippen LogP contribution in [0.3, 0.4) is 0 Å². The maximum atomic E-state index is 13.3. The van der Waals surface area contributed by atoms with Crippen LogP contribution in [-0.4, -0.2) is 25.0 Å². The number of carbonyl (C=O) groups is 2. The quantitative estimate of drug-likeness (QED) is 0.476. The topological polar surface area (TPSA) is 46.6 Å². The molecule has 4 nitrogen and oxygen atoms in total. The standard InChI is InChI=1S/C14H13F4NO3/c1-3-12(20)19(8-13(21)22-4-2)9-5-6-11(15)10(7-9)14(16,17)18/h3,5-7H,1,4,8H2,2H3. The molecule has 0 aliphatic carbocycles. The normalized spacial score (nSPS) is 11.0. The molecule has 0 fully saturated rings. The van der Waals surface area contributed by atoms with Gasteiger partial charge in [-0.25, -0.2) is 4.39 Å². The van der Waals surface area contributed by atoms with E-state index in [9.17, 15) is 27.2 Å². The van der Waals surface area contributed by atoms with Gasteiger partial charge in [-0.2, -0.15) is 13.2 Å². The molecule has 22 heavy (non-hydrogen) atoms. The Hall–Kier alpha value is -2.38. The van der Waals surface area contributed by atoms with E-state index in [-0.39, 0.29) is 12.3 Å². The lowest BCUT2D eigenvalue weighted by atomic mass is 10.1. The number of anilines is 1. The summed E-state index contributed by atoms with van der Waals surface area (Å²) < 4.78 is 56.0. The number of halogens is 4. The molecule has 1 amide bonds. The second kappa shape index (κ2) is 7.06. The number of esters is 1. The van der Waals surface area contributed by atoms with Crippen LogP contribution in [0, 0.1) is 5.82 Å². The van der Waals surface area contributed by atoms with E-state index >= 15 is 0 Å². The summed E-state index contributed by atoms with van der Waals surface area (Å²) in [6.45, 7) is 4.19. The van der Waals surface area contributed by atoms with Gasteiger partial charge >= 0.3 is 12.1 Å². The highest BCUT2D eigenvalue weighted by Crippen LogP contribution is 2.34. The van der Waals surface area contributed by atoms with Crippen LogP contribution in [0.4, 0.5) is 23.2 Å². The predicted octanol–water partition coefficient (Wildman–Crippen LogP) is 2.93. The molecule has 0 atom stereocenters. The van der Waals surface area contributed by atoms with Gasteiger partial charge in [-0.1, -0.05) is 6.58 Å². The van der Waals surface area contributed by atoms with Crippen molar-refractivity contribution in [2.75, 3.05) is 18.1 Å². The summed E-state index contributed by atoms with van der Waals surface area (Å²) in [6.07, 6.45) is -4.09. The van der Waals surface area contributed by atoms with Crippen LogP contribution in [0.1, 0.15) is 12.5 Å². The van der Waals surface area contributed by atoms with Crippen molar-refractivity contribution in [1.82, 2.24) is 0 Å². The molecule has 1 aromatic carbocycles. The van der Waals surface area contributed by atoms with E-state index in [0.29, 0.717) is 12.1 Å². The molecule has 0 radical (unpaired) electrons. The molecule has 0 saturated heterocycles. The Morgan fingerprint density at radius 3 is 2.50 bits per heavy atom. The number of nitrogens with zero attached hydrogens (tertiary/aromatic N) is 1. The van der Waals surface area contributed by atoms with Gasteiger partial charge in [0, 0.05) is 5.69 Å². The molecule has 0 aliphatic rings. The summed E-state index contributed by atoms with van der Waals surface area (Å²) in [7, 11) is 0. The van der Waals surface area contributed by atoms with Gasteiger partial charge < -0.3 is 4.74 Å². The molecule has 0 heterocycles. The molecule has 0 unspecified atom stereocenters. The highest BCUT2D eigenvalue weighted by molar-refractivity contribution is 6.04. The first-order valence-corrected chi connectivity index (χ1v) is 6.17. The number of hydrogen-bond donors (Lipinski definition) is 0. The van der Waals surface area contributed by atoms with Crippen molar-refractivity contribution in [3.8, 4) is 0 Å². The second-order valence-corrected chi connectivity index (χ2v) is 4.10. The van der Waals surface area contributed by atoms with Crippen molar-refractivity contribution >= 4 is 17.6 Å². The lowest BCUT2D eigenvalue weighted by Crippen LogP contribution is -2.35. The summed E-state index contributed by atoms with van der Waals surface area (Å²) in [5.41, 5.74) is -1.82. The Labute approximate surface area is 124 Å². The minimum Gasteiger partial charge on any atom is -0.465 e. The predicted molar refractivity (Wildman–Crippen MR) is 70.6 cm³/mol. The van der Waals surface area contributed by atoms with E-state index < -0.39 is 36.0 Å². The van der Waals surface area contributed by atoms with Crippen molar-refractivity contribution in [3.63, 3.8) is 0 Å². The number of amides is 1. The number of rotatable bonds is 5. The third-order valence-corrected chi connectivity index (χ3v) is 2.60. The number of benzene rings is 1. The second-order valence-electron chi connectivity index (χ2n) is 4.10. The third kappa shape index (κ3) is 4.31. The van der Waals surface area contributed by atoms with Gasteiger partial charge in [0.2, 0.25) is 0 Å². The minimum absolute atomic E-state index is 0.0478. The van der Waals surface area contributed by atoms with Crippen LogP contribution in [0.2, 0.25) is 0 Å². The lowest BCUT2D eigenvalue weighted by molar-refractivity contribution is -0.142. The Morgan fingerprint density at radius 2 is 2.00 bits per heavy atom. The van der Waals surface area contributed by atoms with Crippen LogP contribution < -0.4 is 4.90 Å². The average molecular weight is 319 g/mol. The Bertz CT molecular complexity index is 584. The van der Waals surface area contributed by atoms with E-state index in [1.165, 1.54) is 6.92 Å². The summed E-state index contributed by atoms with van der Waals surface area (Å²) in [5, 5.41) is 0. The molecule has 8 heteroatoms. The van der Waals surface area contributed by atoms with E-state index in [0.717, 1.165) is 17.0 Å². The summed E-state index contributed by atoms with van der Waals surface area (Å²) in [6, 6.07) is 1.99. The SMILES string of the molecule is C=CC(=O)N(CC(=O)OCC)c1ccc(F)c(C(F)(F)F)c1. The Kier molecular flexibility index (Phi) is 5.67. The zero-order valence-electron chi connectivity index (χ0n) is 11.6. The maximum absolute atomic E-state index is 13.3. The first kappa shape index (κ1) is 17.7. The van der Waals surface area contributed by atoms with Gasteiger partial charge in [-0.15, -0.1) is 0 Å². The van der Waals surface area contributed by atoms with Crippen molar-refractivity contribution in [1.29, 1.82) is 0 Å². The van der Waals surface area contributed by atoms with Crippen molar-refractivity contribution in [2.24, 2.45) is 0 Å². The van der Waals surface area contributed by atoms with Crippen molar-refractivity contribution in [3.05, 3.63) is 42.2 Å². The smallest absolute Gasteiger partial charge is 0.419 e. The molecule has 120 valence electrons. The van der Waals surface area contributed by atoms with E-state index in [2.05, 4.69) is 11.3 Å². The van der Waals surface area contributed by atoms with Crippen LogP contribution in [0.5, 0.6) is 0 Å². The molecular formula is C14H13F4NO3. The van der Waals surface area contributed by atoms with Crippen LogP contribution in [0.25, 0.3) is 0 Å². The highest BCUT2D eigenvalue weighted by Gasteiger charge is 2.35. The number of carbonyl (C=O) groups excluding carboxylic acids is 2. The van der Waals surface area contributed by atoms with Gasteiger partial charge in [0.05, 0.1) is 12.2 Å². The lowest BCUT2D eigenvalue weighted by Gasteiger charge is -2.21. The molecule has 0 bridgehead atoms. The van der Waals surface area contributed by atoms with Gasteiger partial charge in [0.15, 0.2) is 0 Å². The fourth-order valence-electron chi connectivity index (χ4n) is 1.64. The zero-order chi connectivity index (χ0) is 16.9. The van der Waals surface area contributed by atoms with Crippen molar-refractivity contribution < 1.29 is 31.9 Å². The molecule has 1 aromatic rings. The van der Waals surface area contributed by atoms with E-state index in [1.807, 2.05) is 0 Å². The molecule has 1 rings (SSSR count). The molecule has 0 saturated carbocycles. The first-order chi connectivity index (χ1) is 10.2. The van der Waals surface area contributed by atoms with Gasteiger partial charge in [0.25, 0.3) is 5.91 Å². The van der Waals surface area contributed by atoms with E-state index in [1.54, 1.807) is 0 Å². The third-order valence-electron chi connectivity index (χ3n) is 2.60. The highest BCUT2D eigenvalue weighted by atomic mass is 19.4. The van der Waals surface area contributed by atoms with Crippen LogP contribution in [-0.2, 0) is 20.5 Å². The Morgan fingerprint density at radius 1 is 1.36 bits per heavy atom. The van der Waals surface area contributed by atoms with E-state index in [4.69, 9.17) is 0 Å². The summed E-state index contributed by atoms with van der Waals surface area (Å²) in [5.74, 6) is -3.10. The molecule has 0 N–H and O–H groups in total. The monoisotopic (exact) mass is 319 g/mol. The zero-order valence-corrected chi connectivity index (χ0v) is 11.6. The van der Waals surface area contributed by atoms with Gasteiger partial charge in [-0.3, -0.25) is 14.5 Å².